The summed E-state index contributed by atoms with van der Waals surface area (Å²) in [7, 11) is 1.49. The van der Waals surface area contributed by atoms with E-state index in [1.165, 1.54) is 19.2 Å². The number of methoxy groups -OCH3 is 1. The predicted molar refractivity (Wildman–Crippen MR) is 63.1 cm³/mol. The molecule has 88 valence electrons. The van der Waals surface area contributed by atoms with Crippen molar-refractivity contribution in [3.8, 4) is 17.1 Å². The van der Waals surface area contributed by atoms with E-state index in [2.05, 4.69) is 9.97 Å². The molecule has 0 saturated carbocycles. The smallest absolute Gasteiger partial charge is 0.223 e. The van der Waals surface area contributed by atoms with Crippen molar-refractivity contribution in [1.29, 1.82) is 0 Å². The first-order valence-corrected chi connectivity index (χ1v) is 5.04. The average molecular weight is 233 g/mol. The second-order valence-electron chi connectivity index (χ2n) is 3.67. The highest BCUT2D eigenvalue weighted by molar-refractivity contribution is 5.62. The monoisotopic (exact) mass is 233 g/mol. The van der Waals surface area contributed by atoms with Crippen molar-refractivity contribution in [2.75, 3.05) is 12.8 Å². The van der Waals surface area contributed by atoms with Crippen LogP contribution in [0.2, 0.25) is 0 Å². The van der Waals surface area contributed by atoms with E-state index in [-0.39, 0.29) is 11.8 Å². The molecule has 2 rings (SSSR count). The van der Waals surface area contributed by atoms with Crippen LogP contribution < -0.4 is 10.5 Å². The van der Waals surface area contributed by atoms with Gasteiger partial charge in [-0.15, -0.1) is 0 Å². The largest absolute Gasteiger partial charge is 0.481 e. The van der Waals surface area contributed by atoms with E-state index in [0.29, 0.717) is 17.1 Å². The quantitative estimate of drug-likeness (QED) is 0.863. The lowest BCUT2D eigenvalue weighted by Crippen LogP contribution is -1.99. The normalized spacial score (nSPS) is 10.3. The minimum Gasteiger partial charge on any atom is -0.481 e. The number of aromatic nitrogens is 2. The maximum absolute atomic E-state index is 13.3. The number of rotatable bonds is 2. The number of nitrogens with zero attached hydrogens (tertiary/aromatic N) is 2. The molecule has 0 radical (unpaired) electrons. The van der Waals surface area contributed by atoms with Crippen LogP contribution in [0.1, 0.15) is 5.56 Å². The Balaban J connectivity index is 2.55. The molecule has 1 aromatic heterocycles. The van der Waals surface area contributed by atoms with Crippen LogP contribution in [0.4, 0.5) is 10.3 Å². The molecule has 2 N–H and O–H groups in total. The Morgan fingerprint density at radius 1 is 1.18 bits per heavy atom. The molecule has 0 aliphatic carbocycles. The minimum absolute atomic E-state index is 0.0984. The third-order valence-electron chi connectivity index (χ3n) is 2.27. The van der Waals surface area contributed by atoms with Crippen molar-refractivity contribution in [1.82, 2.24) is 9.97 Å². The topological polar surface area (TPSA) is 61.0 Å². The van der Waals surface area contributed by atoms with Crippen LogP contribution in [0.15, 0.2) is 24.3 Å². The second-order valence-corrected chi connectivity index (χ2v) is 3.67. The molecule has 1 aromatic carbocycles. The van der Waals surface area contributed by atoms with Gasteiger partial charge in [0, 0.05) is 11.6 Å². The van der Waals surface area contributed by atoms with Crippen LogP contribution in [0.25, 0.3) is 11.3 Å². The third-order valence-corrected chi connectivity index (χ3v) is 2.27. The molecule has 0 atom stereocenters. The van der Waals surface area contributed by atoms with Crippen LogP contribution in [-0.4, -0.2) is 17.1 Å². The summed E-state index contributed by atoms with van der Waals surface area (Å²) >= 11 is 0. The third kappa shape index (κ3) is 2.50. The van der Waals surface area contributed by atoms with Crippen molar-refractivity contribution >= 4 is 5.95 Å². The maximum atomic E-state index is 13.3. The second kappa shape index (κ2) is 4.37. The van der Waals surface area contributed by atoms with Gasteiger partial charge in [0.25, 0.3) is 0 Å². The molecule has 0 bridgehead atoms. The standard InChI is InChI=1S/C12H12FN3O/c1-7-3-8(5-9(13)4-7)10-6-11(17-2)16-12(14)15-10/h3-6H,1-2H3,(H2,14,15,16). The van der Waals surface area contributed by atoms with Crippen molar-refractivity contribution < 1.29 is 9.13 Å². The number of nitrogen functional groups attached to an aromatic ring is 1. The lowest BCUT2D eigenvalue weighted by Gasteiger charge is -2.06. The van der Waals surface area contributed by atoms with Gasteiger partial charge in [-0.3, -0.25) is 0 Å². The van der Waals surface area contributed by atoms with E-state index < -0.39 is 0 Å². The lowest BCUT2D eigenvalue weighted by atomic mass is 10.1. The van der Waals surface area contributed by atoms with Gasteiger partial charge < -0.3 is 10.5 Å². The molecular weight excluding hydrogens is 221 g/mol. The Bertz CT molecular complexity index is 537. The first kappa shape index (κ1) is 11.3. The Hall–Kier alpha value is -2.17. The predicted octanol–water partition coefficient (Wildman–Crippen LogP) is 2.18. The number of halogens is 1. The van der Waals surface area contributed by atoms with Crippen molar-refractivity contribution in [3.05, 3.63) is 35.6 Å². The zero-order chi connectivity index (χ0) is 12.4. The Morgan fingerprint density at radius 3 is 2.59 bits per heavy atom. The average Bonchev–Trinajstić information content (AvgIpc) is 2.26. The minimum atomic E-state index is -0.309. The maximum Gasteiger partial charge on any atom is 0.223 e. The molecule has 4 nitrogen and oxygen atoms in total. The zero-order valence-electron chi connectivity index (χ0n) is 9.57. The summed E-state index contributed by atoms with van der Waals surface area (Å²) < 4.78 is 18.3. The number of aryl methyl sites for hydroxylation is 1. The van der Waals surface area contributed by atoms with Gasteiger partial charge in [0.05, 0.1) is 12.8 Å². The highest BCUT2D eigenvalue weighted by Gasteiger charge is 2.07. The fourth-order valence-corrected chi connectivity index (χ4v) is 1.58. The van der Waals surface area contributed by atoms with Gasteiger partial charge in [-0.1, -0.05) is 0 Å². The fourth-order valence-electron chi connectivity index (χ4n) is 1.58. The molecule has 0 unspecified atom stereocenters. The summed E-state index contributed by atoms with van der Waals surface area (Å²) in [6, 6.07) is 6.29. The van der Waals surface area contributed by atoms with Gasteiger partial charge in [-0.25, -0.2) is 9.37 Å². The summed E-state index contributed by atoms with van der Waals surface area (Å²) in [4.78, 5) is 7.93. The van der Waals surface area contributed by atoms with Crippen LogP contribution in [-0.2, 0) is 0 Å². The number of hydrogen-bond donors (Lipinski definition) is 1. The molecule has 0 fully saturated rings. The summed E-state index contributed by atoms with van der Waals surface area (Å²) in [5, 5.41) is 0. The molecule has 2 aromatic rings. The molecule has 0 aliphatic heterocycles. The molecular formula is C12H12FN3O. The fraction of sp³-hybridized carbons (Fsp3) is 0.167. The summed E-state index contributed by atoms with van der Waals surface area (Å²) in [5.41, 5.74) is 7.56. The van der Waals surface area contributed by atoms with E-state index in [4.69, 9.17) is 10.5 Å². The molecule has 0 amide bonds. The lowest BCUT2D eigenvalue weighted by molar-refractivity contribution is 0.398. The highest BCUT2D eigenvalue weighted by atomic mass is 19.1. The van der Waals surface area contributed by atoms with Crippen LogP contribution in [0.5, 0.6) is 5.88 Å². The summed E-state index contributed by atoms with van der Waals surface area (Å²) in [6.07, 6.45) is 0. The van der Waals surface area contributed by atoms with Crippen molar-refractivity contribution in [3.63, 3.8) is 0 Å². The van der Waals surface area contributed by atoms with E-state index >= 15 is 0 Å². The molecule has 1 heterocycles. The molecule has 0 saturated heterocycles. The first-order valence-electron chi connectivity index (χ1n) is 5.04. The Morgan fingerprint density at radius 2 is 1.94 bits per heavy atom. The Labute approximate surface area is 98.3 Å². The first-order chi connectivity index (χ1) is 8.08. The van der Waals surface area contributed by atoms with Gasteiger partial charge in [-0.2, -0.15) is 4.98 Å². The molecule has 5 heteroatoms. The van der Waals surface area contributed by atoms with E-state index in [1.807, 2.05) is 13.0 Å². The number of benzene rings is 1. The SMILES string of the molecule is COc1cc(-c2cc(C)cc(F)c2)nc(N)n1. The number of nitrogens with two attached hydrogens (primary N) is 1. The van der Waals surface area contributed by atoms with Crippen LogP contribution in [0.3, 0.4) is 0 Å². The van der Waals surface area contributed by atoms with E-state index in [1.54, 1.807) is 6.07 Å². The summed E-state index contributed by atoms with van der Waals surface area (Å²) in [5.74, 6) is 0.145. The van der Waals surface area contributed by atoms with Gasteiger partial charge in [-0.05, 0) is 30.7 Å². The van der Waals surface area contributed by atoms with Gasteiger partial charge >= 0.3 is 0 Å². The van der Waals surface area contributed by atoms with Crippen LogP contribution in [0, 0.1) is 12.7 Å². The van der Waals surface area contributed by atoms with Crippen LogP contribution >= 0.6 is 0 Å². The van der Waals surface area contributed by atoms with Gasteiger partial charge in [0.1, 0.15) is 5.82 Å². The highest BCUT2D eigenvalue weighted by Crippen LogP contribution is 2.23. The van der Waals surface area contributed by atoms with Gasteiger partial charge in [0.2, 0.25) is 11.8 Å². The van der Waals surface area contributed by atoms with Crippen molar-refractivity contribution in [2.45, 2.75) is 6.92 Å². The number of anilines is 1. The number of hydrogen-bond acceptors (Lipinski definition) is 4. The van der Waals surface area contributed by atoms with Crippen molar-refractivity contribution in [2.24, 2.45) is 0 Å². The zero-order valence-corrected chi connectivity index (χ0v) is 9.57. The van der Waals surface area contributed by atoms with E-state index in [0.717, 1.165) is 5.56 Å². The van der Waals surface area contributed by atoms with Gasteiger partial charge in [0.15, 0.2) is 0 Å². The number of ether oxygens (including phenoxy) is 1. The molecule has 0 spiro atoms. The summed E-state index contributed by atoms with van der Waals surface area (Å²) in [6.45, 7) is 1.81. The van der Waals surface area contributed by atoms with E-state index in [9.17, 15) is 4.39 Å². The Kier molecular flexibility index (Phi) is 2.91. The molecule has 17 heavy (non-hydrogen) atoms. The molecule has 0 aliphatic rings.